The quantitative estimate of drug-likeness (QED) is 0.552. The third kappa shape index (κ3) is 4.25. The number of benzene rings is 1. The van der Waals surface area contributed by atoms with Gasteiger partial charge in [-0.2, -0.15) is 0 Å². The molecule has 0 saturated carbocycles. The van der Waals surface area contributed by atoms with Crippen LogP contribution in [0.4, 0.5) is 0 Å². The van der Waals surface area contributed by atoms with E-state index in [1.54, 1.807) is 0 Å². The van der Waals surface area contributed by atoms with Gasteiger partial charge in [0.1, 0.15) is 0 Å². The monoisotopic (exact) mass is 278 g/mol. The van der Waals surface area contributed by atoms with Crippen molar-refractivity contribution >= 4 is 34.8 Å². The fourth-order valence-electron chi connectivity index (χ4n) is 1.76. The molecule has 1 aromatic rings. The first-order valence-electron chi connectivity index (χ1n) is 6.03. The molecule has 2 unspecified atom stereocenters. The molecule has 0 N–H and O–H groups in total. The molecule has 0 radical (unpaired) electrons. The average molecular weight is 279 g/mol. The second kappa shape index (κ2) is 7.06. The Labute approximate surface area is 108 Å². The van der Waals surface area contributed by atoms with Gasteiger partial charge in [-0.1, -0.05) is 0 Å². The second-order valence-electron chi connectivity index (χ2n) is 4.35. The van der Waals surface area contributed by atoms with Crippen LogP contribution in [0.25, 0.3) is 0 Å². The Hall–Kier alpha value is -0.365. The Kier molecular flexibility index (Phi) is 6.04. The molecule has 1 aromatic carbocycles. The van der Waals surface area contributed by atoms with Crippen molar-refractivity contribution in [3.05, 3.63) is 29.8 Å². The van der Waals surface area contributed by atoms with Crippen LogP contribution in [-0.4, -0.2) is 18.2 Å². The van der Waals surface area contributed by atoms with Crippen molar-refractivity contribution in [3.63, 3.8) is 0 Å². The Morgan fingerprint density at radius 3 is 2.38 bits per heavy atom. The van der Waals surface area contributed by atoms with Gasteiger partial charge in [0.2, 0.25) is 0 Å². The minimum absolute atomic E-state index is 0.644. The summed E-state index contributed by atoms with van der Waals surface area (Å²) in [6.45, 7) is 10.2. The predicted octanol–water partition coefficient (Wildman–Crippen LogP) is 3.51. The van der Waals surface area contributed by atoms with Crippen molar-refractivity contribution < 1.29 is 0 Å². The first kappa shape index (κ1) is 13.7. The second-order valence-corrected chi connectivity index (χ2v) is 5.65. The molecule has 0 saturated heterocycles. The first-order chi connectivity index (χ1) is 7.67. The van der Waals surface area contributed by atoms with Crippen LogP contribution in [-0.2, 0) is 0 Å². The number of hydrogen-bond donors (Lipinski definition) is 0. The summed E-state index contributed by atoms with van der Waals surface area (Å²) >= 11 is 3.69. The van der Waals surface area contributed by atoms with E-state index in [0.717, 1.165) is 0 Å². The van der Waals surface area contributed by atoms with Gasteiger partial charge in [0.05, 0.1) is 0 Å². The van der Waals surface area contributed by atoms with Crippen molar-refractivity contribution in [3.8, 4) is 0 Å². The van der Waals surface area contributed by atoms with E-state index in [4.69, 9.17) is 0 Å². The molecular formula is C14H20BBr. The van der Waals surface area contributed by atoms with Crippen LogP contribution in [0, 0.1) is 0 Å². The molecule has 0 aliphatic carbocycles. The normalized spacial score (nSPS) is 14.2. The van der Waals surface area contributed by atoms with E-state index >= 15 is 0 Å². The molecule has 0 aromatic heterocycles. The third-order valence-corrected chi connectivity index (χ3v) is 4.20. The minimum atomic E-state index is 0.644. The van der Waals surface area contributed by atoms with E-state index in [1.165, 1.54) is 30.3 Å². The zero-order valence-corrected chi connectivity index (χ0v) is 11.8. The van der Waals surface area contributed by atoms with Crippen molar-refractivity contribution in [2.75, 3.05) is 0 Å². The zero-order valence-electron chi connectivity index (χ0n) is 10.2. The first-order valence-corrected chi connectivity index (χ1v) is 6.95. The fraction of sp³-hybridized carbons (Fsp3) is 0.500. The third-order valence-electron chi connectivity index (χ3n) is 3.10. The summed E-state index contributed by atoms with van der Waals surface area (Å²) < 4.78 is 0. The summed E-state index contributed by atoms with van der Waals surface area (Å²) in [6, 6.07) is 8.72. The molecule has 0 aliphatic heterocycles. The fourth-order valence-corrected chi connectivity index (χ4v) is 2.03. The van der Waals surface area contributed by atoms with E-state index in [9.17, 15) is 0 Å². The van der Waals surface area contributed by atoms with Crippen LogP contribution in [0.3, 0.4) is 0 Å². The maximum absolute atomic E-state index is 3.77. The zero-order chi connectivity index (χ0) is 12.0. The molecule has 0 fully saturated rings. The molecule has 0 aliphatic rings. The van der Waals surface area contributed by atoms with Crippen LogP contribution in [0.5, 0.6) is 0 Å². The van der Waals surface area contributed by atoms with Gasteiger partial charge in [0, 0.05) is 0 Å². The van der Waals surface area contributed by atoms with Crippen molar-refractivity contribution in [1.82, 2.24) is 0 Å². The summed E-state index contributed by atoms with van der Waals surface area (Å²) in [5.41, 5.74) is 2.63. The van der Waals surface area contributed by atoms with Crippen LogP contribution >= 0.6 is 15.9 Å². The van der Waals surface area contributed by atoms with Gasteiger partial charge in [-0.3, -0.25) is 0 Å². The Morgan fingerprint density at radius 1 is 1.25 bits per heavy atom. The summed E-state index contributed by atoms with van der Waals surface area (Å²) in [4.78, 5) is 0.669. The van der Waals surface area contributed by atoms with Gasteiger partial charge < -0.3 is 0 Å². The van der Waals surface area contributed by atoms with Gasteiger partial charge in [0.25, 0.3) is 0 Å². The predicted molar refractivity (Wildman–Crippen MR) is 79.6 cm³/mol. The SMILES string of the molecule is C=Bc1ccc(C(C)CCC(Br)CC)cc1. The number of rotatable bonds is 6. The molecule has 0 nitrogen and oxygen atoms in total. The van der Waals surface area contributed by atoms with Gasteiger partial charge in [-0.15, -0.1) is 0 Å². The maximum atomic E-state index is 3.77. The topological polar surface area (TPSA) is 0 Å². The number of hydrogen-bond acceptors (Lipinski definition) is 0. The van der Waals surface area contributed by atoms with E-state index < -0.39 is 0 Å². The van der Waals surface area contributed by atoms with Crippen LogP contribution in [0.15, 0.2) is 24.3 Å². The Bertz CT molecular complexity index is 318. The molecule has 1 rings (SSSR count). The number of alkyl halides is 1. The number of halogens is 1. The van der Waals surface area contributed by atoms with E-state index in [2.05, 4.69) is 60.5 Å². The molecular weight excluding hydrogens is 259 g/mol. The summed E-state index contributed by atoms with van der Waals surface area (Å²) in [7, 11) is 0. The molecule has 2 atom stereocenters. The summed E-state index contributed by atoms with van der Waals surface area (Å²) in [5.74, 6) is 0.644. The van der Waals surface area contributed by atoms with Crippen molar-refractivity contribution in [2.45, 2.75) is 43.9 Å². The van der Waals surface area contributed by atoms with E-state index in [-0.39, 0.29) is 0 Å². The molecule has 86 valence electrons. The molecule has 0 spiro atoms. The Morgan fingerprint density at radius 2 is 1.88 bits per heavy atom. The Balaban J connectivity index is 2.52. The van der Waals surface area contributed by atoms with Crippen molar-refractivity contribution in [1.29, 1.82) is 0 Å². The van der Waals surface area contributed by atoms with E-state index in [0.29, 0.717) is 10.7 Å². The van der Waals surface area contributed by atoms with E-state index in [1.807, 2.05) is 6.92 Å². The molecule has 2 heteroatoms. The molecule has 0 bridgehead atoms. The van der Waals surface area contributed by atoms with Crippen LogP contribution < -0.4 is 5.46 Å². The van der Waals surface area contributed by atoms with Crippen LogP contribution in [0.2, 0.25) is 0 Å². The molecule has 16 heavy (non-hydrogen) atoms. The van der Waals surface area contributed by atoms with Crippen LogP contribution in [0.1, 0.15) is 44.6 Å². The van der Waals surface area contributed by atoms with Crippen molar-refractivity contribution in [2.24, 2.45) is 0 Å². The molecule has 0 amide bonds. The average Bonchev–Trinajstić information content (AvgIpc) is 2.35. The van der Waals surface area contributed by atoms with Gasteiger partial charge in [-0.05, 0) is 0 Å². The summed E-state index contributed by atoms with van der Waals surface area (Å²) in [5, 5.41) is 0. The summed E-state index contributed by atoms with van der Waals surface area (Å²) in [6.07, 6.45) is 3.71. The van der Waals surface area contributed by atoms with Gasteiger partial charge >= 0.3 is 108 Å². The standard InChI is InChI=1S/C14H20BBr/c1-4-14(16)10-5-11(2)12-6-8-13(15-3)9-7-12/h6-9,11,14H,3-5,10H2,1-2H3. The van der Waals surface area contributed by atoms with Gasteiger partial charge in [0.15, 0.2) is 0 Å². The van der Waals surface area contributed by atoms with Gasteiger partial charge in [-0.25, -0.2) is 0 Å². The molecule has 0 heterocycles.